The van der Waals surface area contributed by atoms with Gasteiger partial charge in [0.25, 0.3) is 0 Å². The Bertz CT molecular complexity index is 631. The first-order valence-corrected chi connectivity index (χ1v) is 7.94. The van der Waals surface area contributed by atoms with Gasteiger partial charge in [0.2, 0.25) is 5.91 Å². The minimum Gasteiger partial charge on any atom is -0.450 e. The third-order valence-electron chi connectivity index (χ3n) is 3.50. The summed E-state index contributed by atoms with van der Waals surface area (Å²) in [6, 6.07) is 18.6. The molecule has 4 nitrogen and oxygen atoms in total. The molecule has 0 spiro atoms. The van der Waals surface area contributed by atoms with E-state index < -0.39 is 12.0 Å². The van der Waals surface area contributed by atoms with Gasteiger partial charge in [0.05, 0.1) is 9.47 Å². The van der Waals surface area contributed by atoms with Crippen LogP contribution in [-0.4, -0.2) is 17.9 Å². The van der Waals surface area contributed by atoms with Crippen LogP contribution in [0, 0.1) is 0 Å². The zero-order valence-corrected chi connectivity index (χ0v) is 13.9. The third kappa shape index (κ3) is 5.84. The van der Waals surface area contributed by atoms with Crippen molar-refractivity contribution < 1.29 is 14.1 Å². The second-order valence-corrected chi connectivity index (χ2v) is 5.47. The van der Waals surface area contributed by atoms with Crippen molar-refractivity contribution in [3.05, 3.63) is 71.8 Å². The van der Waals surface area contributed by atoms with Crippen LogP contribution in [0.3, 0.4) is 0 Å². The molecule has 0 aromatic heterocycles. The average molecular weight is 329 g/mol. The van der Waals surface area contributed by atoms with E-state index >= 15 is 0 Å². The molecule has 0 bridgehead atoms. The summed E-state index contributed by atoms with van der Waals surface area (Å²) in [6.45, 7) is 0. The molecule has 2 rings (SSSR count). The molecule has 1 unspecified atom stereocenters. The lowest BCUT2D eigenvalue weighted by molar-refractivity contribution is -0.138. The van der Waals surface area contributed by atoms with Crippen molar-refractivity contribution in [2.75, 3.05) is 0 Å². The van der Waals surface area contributed by atoms with Crippen molar-refractivity contribution in [2.45, 2.75) is 25.3 Å². The SMILES string of the molecule is O=C(CCc1ccccc1)N[C@H](Cc1ccccc1)C(=O)OP. The molecule has 2 aromatic rings. The van der Waals surface area contributed by atoms with Crippen LogP contribution in [0.15, 0.2) is 60.7 Å². The second-order valence-electron chi connectivity index (χ2n) is 5.23. The molecule has 2 aromatic carbocycles. The smallest absolute Gasteiger partial charge is 0.331 e. The molecule has 120 valence electrons. The second kappa shape index (κ2) is 9.06. The van der Waals surface area contributed by atoms with Crippen molar-refractivity contribution in [3.63, 3.8) is 0 Å². The number of benzene rings is 2. The van der Waals surface area contributed by atoms with Gasteiger partial charge >= 0.3 is 5.97 Å². The minimum atomic E-state index is -0.682. The maximum absolute atomic E-state index is 12.1. The molecular weight excluding hydrogens is 309 g/mol. The average Bonchev–Trinajstić information content (AvgIpc) is 2.60. The fourth-order valence-corrected chi connectivity index (χ4v) is 2.46. The highest BCUT2D eigenvalue weighted by Crippen LogP contribution is 2.07. The Morgan fingerprint density at radius 3 is 2.09 bits per heavy atom. The molecule has 0 heterocycles. The summed E-state index contributed by atoms with van der Waals surface area (Å²) in [6.07, 6.45) is 1.38. The molecule has 1 amide bonds. The zero-order chi connectivity index (χ0) is 16.5. The maximum atomic E-state index is 12.1. The molecular formula is C18H20NO3P. The zero-order valence-electron chi connectivity index (χ0n) is 12.8. The summed E-state index contributed by atoms with van der Waals surface area (Å²) in [7, 11) is 1.94. The van der Waals surface area contributed by atoms with Crippen molar-refractivity contribution in [2.24, 2.45) is 0 Å². The van der Waals surface area contributed by atoms with Gasteiger partial charge in [-0.2, -0.15) is 0 Å². The number of amides is 1. The summed E-state index contributed by atoms with van der Waals surface area (Å²) in [5.41, 5.74) is 2.06. The maximum Gasteiger partial charge on any atom is 0.331 e. The van der Waals surface area contributed by atoms with Crippen LogP contribution in [0.1, 0.15) is 17.5 Å². The Morgan fingerprint density at radius 1 is 0.957 bits per heavy atom. The van der Waals surface area contributed by atoms with E-state index in [0.717, 1.165) is 11.1 Å². The van der Waals surface area contributed by atoms with Crippen LogP contribution in [0.5, 0.6) is 0 Å². The standard InChI is InChI=1S/C18H20NO3P/c20-17(12-11-14-7-3-1-4-8-14)19-16(18(21)22-23)13-15-9-5-2-6-10-15/h1-10,16H,11-13,23H2,(H,19,20)/t16-/m1/s1. The quantitative estimate of drug-likeness (QED) is 0.795. The Morgan fingerprint density at radius 2 is 1.52 bits per heavy atom. The molecule has 0 radical (unpaired) electrons. The van der Waals surface area contributed by atoms with Gasteiger partial charge in [-0.05, 0) is 17.5 Å². The van der Waals surface area contributed by atoms with E-state index in [9.17, 15) is 9.59 Å². The lowest BCUT2D eigenvalue weighted by Crippen LogP contribution is -2.42. The molecule has 0 aliphatic carbocycles. The Kier molecular flexibility index (Phi) is 6.76. The van der Waals surface area contributed by atoms with Crippen molar-refractivity contribution in [1.82, 2.24) is 5.32 Å². The molecule has 0 aliphatic rings. The van der Waals surface area contributed by atoms with Gasteiger partial charge in [-0.3, -0.25) is 4.79 Å². The lowest BCUT2D eigenvalue weighted by atomic mass is 10.1. The molecule has 2 atom stereocenters. The highest BCUT2D eigenvalue weighted by atomic mass is 31.0. The Hall–Kier alpha value is -2.19. The lowest BCUT2D eigenvalue weighted by Gasteiger charge is -2.16. The highest BCUT2D eigenvalue weighted by molar-refractivity contribution is 7.10. The highest BCUT2D eigenvalue weighted by Gasteiger charge is 2.21. The van der Waals surface area contributed by atoms with E-state index in [4.69, 9.17) is 4.52 Å². The van der Waals surface area contributed by atoms with Gasteiger partial charge in [0, 0.05) is 12.8 Å². The van der Waals surface area contributed by atoms with Gasteiger partial charge in [-0.1, -0.05) is 60.7 Å². The van der Waals surface area contributed by atoms with Crippen LogP contribution in [0.2, 0.25) is 0 Å². The monoisotopic (exact) mass is 329 g/mol. The summed E-state index contributed by atoms with van der Waals surface area (Å²) in [5, 5.41) is 2.76. The van der Waals surface area contributed by atoms with Gasteiger partial charge in [-0.15, -0.1) is 0 Å². The molecule has 0 saturated carbocycles. The van der Waals surface area contributed by atoms with Crippen molar-refractivity contribution in [1.29, 1.82) is 0 Å². The largest absolute Gasteiger partial charge is 0.450 e. The Labute approximate surface area is 138 Å². The molecule has 5 heteroatoms. The molecule has 0 fully saturated rings. The number of hydrogen-bond donors (Lipinski definition) is 1. The van der Waals surface area contributed by atoms with Crippen molar-refractivity contribution >= 4 is 21.3 Å². The van der Waals surface area contributed by atoms with Gasteiger partial charge in [0.15, 0.2) is 0 Å². The van der Waals surface area contributed by atoms with Crippen LogP contribution in [0.4, 0.5) is 0 Å². The molecule has 1 N–H and O–H groups in total. The molecule has 0 saturated heterocycles. The third-order valence-corrected chi connectivity index (χ3v) is 3.73. The number of carbonyl (C=O) groups excluding carboxylic acids is 2. The first-order valence-electron chi connectivity index (χ1n) is 7.47. The van der Waals surface area contributed by atoms with Gasteiger partial charge < -0.3 is 9.84 Å². The van der Waals surface area contributed by atoms with Crippen LogP contribution >= 0.6 is 9.47 Å². The topological polar surface area (TPSA) is 55.4 Å². The van der Waals surface area contributed by atoms with E-state index in [2.05, 4.69) is 5.32 Å². The normalized spacial score (nSPS) is 11.5. The number of rotatable bonds is 7. The van der Waals surface area contributed by atoms with E-state index in [0.29, 0.717) is 19.3 Å². The predicted octanol–water partition coefficient (Wildman–Crippen LogP) is 2.68. The number of hydrogen-bond acceptors (Lipinski definition) is 3. The Balaban J connectivity index is 1.91. The molecule has 23 heavy (non-hydrogen) atoms. The first kappa shape index (κ1) is 17.2. The van der Waals surface area contributed by atoms with E-state index in [1.165, 1.54) is 0 Å². The minimum absolute atomic E-state index is 0.162. The number of aryl methyl sites for hydroxylation is 1. The van der Waals surface area contributed by atoms with Crippen LogP contribution < -0.4 is 5.32 Å². The summed E-state index contributed by atoms with van der Waals surface area (Å²) < 4.78 is 4.71. The van der Waals surface area contributed by atoms with Gasteiger partial charge in [0.1, 0.15) is 6.04 Å². The molecule has 0 aliphatic heterocycles. The summed E-state index contributed by atoms with van der Waals surface area (Å²) in [4.78, 5) is 24.0. The van der Waals surface area contributed by atoms with Crippen molar-refractivity contribution in [3.8, 4) is 0 Å². The van der Waals surface area contributed by atoms with E-state index in [1.807, 2.05) is 70.1 Å². The fourth-order valence-electron chi connectivity index (χ4n) is 2.29. The van der Waals surface area contributed by atoms with Crippen LogP contribution in [-0.2, 0) is 27.0 Å². The van der Waals surface area contributed by atoms with E-state index in [1.54, 1.807) is 0 Å². The number of carbonyl (C=O) groups is 2. The summed E-state index contributed by atoms with van der Waals surface area (Å²) in [5.74, 6) is -0.628. The predicted molar refractivity (Wildman–Crippen MR) is 92.6 cm³/mol. The summed E-state index contributed by atoms with van der Waals surface area (Å²) >= 11 is 0. The number of nitrogens with one attached hydrogen (secondary N) is 1. The van der Waals surface area contributed by atoms with Gasteiger partial charge in [-0.25, -0.2) is 4.79 Å². The van der Waals surface area contributed by atoms with E-state index in [-0.39, 0.29) is 5.91 Å². The fraction of sp³-hybridized carbons (Fsp3) is 0.222. The first-order chi connectivity index (χ1) is 11.2. The van der Waals surface area contributed by atoms with Crippen LogP contribution in [0.25, 0.3) is 0 Å².